The summed E-state index contributed by atoms with van der Waals surface area (Å²) in [6.07, 6.45) is 5.47. The van der Waals surface area contributed by atoms with E-state index in [1.54, 1.807) is 15.8 Å². The van der Waals surface area contributed by atoms with Gasteiger partial charge >= 0.3 is 0 Å². The Morgan fingerprint density at radius 2 is 2.04 bits per heavy atom. The smallest absolute Gasteiger partial charge is 0.276 e. The van der Waals surface area contributed by atoms with Crippen molar-refractivity contribution in [3.05, 3.63) is 59.7 Å². The van der Waals surface area contributed by atoms with Gasteiger partial charge in [0.2, 0.25) is 0 Å². The van der Waals surface area contributed by atoms with E-state index in [-0.39, 0.29) is 11.9 Å². The second-order valence-electron chi connectivity index (χ2n) is 7.14. The van der Waals surface area contributed by atoms with Gasteiger partial charge in [-0.15, -0.1) is 5.10 Å². The highest BCUT2D eigenvalue weighted by molar-refractivity contribution is 5.92. The third-order valence-corrected chi connectivity index (χ3v) is 5.49. The van der Waals surface area contributed by atoms with Crippen molar-refractivity contribution in [3.63, 3.8) is 0 Å². The maximum absolute atomic E-state index is 12.8. The van der Waals surface area contributed by atoms with Crippen molar-refractivity contribution in [1.29, 1.82) is 0 Å². The fourth-order valence-electron chi connectivity index (χ4n) is 3.77. The molecule has 1 fully saturated rings. The minimum absolute atomic E-state index is 0.0592. The Bertz CT molecular complexity index is 979. The molecular weight excluding hydrogens is 344 g/mol. The Morgan fingerprint density at radius 1 is 1.19 bits per heavy atom. The van der Waals surface area contributed by atoms with Gasteiger partial charge in [0, 0.05) is 25.1 Å². The number of hydrogen-bond donors (Lipinski definition) is 1. The Morgan fingerprint density at radius 3 is 2.78 bits per heavy atom. The van der Waals surface area contributed by atoms with Crippen LogP contribution in [0.15, 0.2) is 42.7 Å². The van der Waals surface area contributed by atoms with E-state index in [1.165, 1.54) is 0 Å². The summed E-state index contributed by atoms with van der Waals surface area (Å²) in [5.74, 6) is -0.131. The van der Waals surface area contributed by atoms with Crippen molar-refractivity contribution < 1.29 is 9.90 Å². The van der Waals surface area contributed by atoms with Crippen LogP contribution < -0.4 is 0 Å². The first-order valence-electron chi connectivity index (χ1n) is 9.21. The Kier molecular flexibility index (Phi) is 3.78. The number of amides is 1. The molecule has 0 radical (unpaired) electrons. The monoisotopic (exact) mass is 364 g/mol. The van der Waals surface area contributed by atoms with Crippen LogP contribution in [0.1, 0.15) is 40.6 Å². The lowest BCUT2D eigenvalue weighted by molar-refractivity contribution is 0.0244. The van der Waals surface area contributed by atoms with E-state index in [1.807, 2.05) is 41.2 Å². The number of carbonyl (C=O) groups excluding carboxylic acids is 1. The number of fused-ring (bicyclic) bond motifs is 1. The van der Waals surface area contributed by atoms with Crippen LogP contribution in [-0.4, -0.2) is 53.3 Å². The lowest BCUT2D eigenvalue weighted by atomic mass is 9.89. The summed E-state index contributed by atoms with van der Waals surface area (Å²) in [6.45, 7) is 1.13. The maximum atomic E-state index is 12.8. The molecule has 3 aromatic rings. The predicted octanol–water partition coefficient (Wildman–Crippen LogP) is 1.36. The molecule has 0 unspecified atom stereocenters. The quantitative estimate of drug-likeness (QED) is 0.758. The van der Waals surface area contributed by atoms with Gasteiger partial charge in [-0.3, -0.25) is 4.79 Å². The lowest BCUT2D eigenvalue weighted by Gasteiger charge is -2.31. The zero-order chi connectivity index (χ0) is 18.4. The Balaban J connectivity index is 1.34. The number of para-hydroxylation sites is 1. The number of aliphatic hydroxyl groups is 1. The topological polar surface area (TPSA) is 89.1 Å². The van der Waals surface area contributed by atoms with Gasteiger partial charge < -0.3 is 10.0 Å². The van der Waals surface area contributed by atoms with Crippen molar-refractivity contribution in [1.82, 2.24) is 29.7 Å². The van der Waals surface area contributed by atoms with Gasteiger partial charge in [-0.25, -0.2) is 9.36 Å². The number of aromatic nitrogens is 5. The molecule has 0 bridgehead atoms. The first-order valence-corrected chi connectivity index (χ1v) is 9.21. The van der Waals surface area contributed by atoms with Crippen molar-refractivity contribution in [2.45, 2.75) is 38.0 Å². The molecule has 138 valence electrons. The normalized spacial score (nSPS) is 21.6. The predicted molar refractivity (Wildman–Crippen MR) is 96.3 cm³/mol. The van der Waals surface area contributed by atoms with E-state index in [2.05, 4.69) is 15.4 Å². The van der Waals surface area contributed by atoms with Crippen LogP contribution in [0.25, 0.3) is 5.69 Å². The first kappa shape index (κ1) is 16.2. The standard InChI is InChI=1S/C19H20N6O2/c26-18-7-6-17(18)24-12-15(21-22-24)19(27)23-9-8-16-13(11-23)10-20-25(16)14-4-2-1-3-5-14/h1-5,10,12,17-18,26H,6-9,11H2/t17-,18-/m1/s1. The molecule has 1 aromatic carbocycles. The van der Waals surface area contributed by atoms with Crippen LogP contribution in [0, 0.1) is 0 Å². The number of hydrogen-bond acceptors (Lipinski definition) is 5. The molecule has 2 aromatic heterocycles. The summed E-state index contributed by atoms with van der Waals surface area (Å²) in [5.41, 5.74) is 3.56. The van der Waals surface area contributed by atoms with Crippen molar-refractivity contribution in [2.24, 2.45) is 0 Å². The van der Waals surface area contributed by atoms with Crippen LogP contribution in [0.2, 0.25) is 0 Å². The largest absolute Gasteiger partial charge is 0.391 e. The molecule has 1 amide bonds. The molecule has 5 rings (SSSR count). The summed E-state index contributed by atoms with van der Waals surface area (Å²) in [6, 6.07) is 9.96. The zero-order valence-electron chi connectivity index (χ0n) is 14.8. The number of rotatable bonds is 3. The SMILES string of the molecule is O=C(c1cn([C@@H]2CC[C@H]2O)nn1)N1CCc2c(cnn2-c2ccccc2)C1. The van der Waals surface area contributed by atoms with Gasteiger partial charge in [0.1, 0.15) is 0 Å². The first-order chi connectivity index (χ1) is 13.2. The van der Waals surface area contributed by atoms with E-state index in [0.717, 1.165) is 36.2 Å². The average molecular weight is 364 g/mol. The Labute approximate surface area is 156 Å². The zero-order valence-corrected chi connectivity index (χ0v) is 14.8. The molecule has 8 nitrogen and oxygen atoms in total. The van der Waals surface area contributed by atoms with Crippen LogP contribution in [-0.2, 0) is 13.0 Å². The van der Waals surface area contributed by atoms with Crippen LogP contribution in [0.3, 0.4) is 0 Å². The summed E-state index contributed by atoms with van der Waals surface area (Å²) in [5, 5.41) is 22.3. The van der Waals surface area contributed by atoms with Gasteiger partial charge in [0.05, 0.1) is 35.9 Å². The second kappa shape index (κ2) is 6.31. The highest BCUT2D eigenvalue weighted by atomic mass is 16.3. The van der Waals surface area contributed by atoms with Crippen LogP contribution in [0.4, 0.5) is 0 Å². The van der Waals surface area contributed by atoms with E-state index >= 15 is 0 Å². The van der Waals surface area contributed by atoms with Gasteiger partial charge in [-0.1, -0.05) is 23.4 Å². The number of carbonyl (C=O) groups is 1. The highest BCUT2D eigenvalue weighted by Crippen LogP contribution is 2.31. The molecular formula is C19H20N6O2. The summed E-state index contributed by atoms with van der Waals surface area (Å²) < 4.78 is 3.57. The van der Waals surface area contributed by atoms with E-state index in [0.29, 0.717) is 18.8 Å². The number of nitrogens with zero attached hydrogens (tertiary/aromatic N) is 6. The van der Waals surface area contributed by atoms with Gasteiger partial charge in [0.15, 0.2) is 5.69 Å². The fourth-order valence-corrected chi connectivity index (χ4v) is 3.77. The minimum Gasteiger partial charge on any atom is -0.391 e. The number of benzene rings is 1. The molecule has 8 heteroatoms. The molecule has 1 N–H and O–H groups in total. The molecule has 2 aliphatic rings. The summed E-state index contributed by atoms with van der Waals surface area (Å²) >= 11 is 0. The fraction of sp³-hybridized carbons (Fsp3) is 0.368. The van der Waals surface area contributed by atoms with Gasteiger partial charge in [0.25, 0.3) is 5.91 Å². The third kappa shape index (κ3) is 2.73. The molecule has 3 heterocycles. The van der Waals surface area contributed by atoms with Crippen LogP contribution >= 0.6 is 0 Å². The van der Waals surface area contributed by atoms with Crippen molar-refractivity contribution in [3.8, 4) is 5.69 Å². The third-order valence-electron chi connectivity index (χ3n) is 5.49. The van der Waals surface area contributed by atoms with E-state index < -0.39 is 6.10 Å². The van der Waals surface area contributed by atoms with Crippen LogP contribution in [0.5, 0.6) is 0 Å². The summed E-state index contributed by atoms with van der Waals surface area (Å²) in [7, 11) is 0. The lowest BCUT2D eigenvalue weighted by Crippen LogP contribution is -2.36. The molecule has 1 aliphatic carbocycles. The van der Waals surface area contributed by atoms with Crippen molar-refractivity contribution in [2.75, 3.05) is 6.54 Å². The summed E-state index contributed by atoms with van der Waals surface area (Å²) in [4.78, 5) is 14.6. The number of aliphatic hydroxyl groups excluding tert-OH is 1. The molecule has 1 saturated carbocycles. The van der Waals surface area contributed by atoms with E-state index in [9.17, 15) is 9.90 Å². The molecule has 27 heavy (non-hydrogen) atoms. The molecule has 2 atom stereocenters. The molecule has 0 saturated heterocycles. The Hall–Kier alpha value is -3.00. The average Bonchev–Trinajstić information content (AvgIpc) is 3.33. The molecule has 1 aliphatic heterocycles. The minimum atomic E-state index is -0.393. The second-order valence-corrected chi connectivity index (χ2v) is 7.14. The van der Waals surface area contributed by atoms with Gasteiger partial charge in [-0.2, -0.15) is 5.10 Å². The van der Waals surface area contributed by atoms with Crippen molar-refractivity contribution >= 4 is 5.91 Å². The highest BCUT2D eigenvalue weighted by Gasteiger charge is 2.33. The van der Waals surface area contributed by atoms with E-state index in [4.69, 9.17) is 0 Å². The van der Waals surface area contributed by atoms with Gasteiger partial charge in [-0.05, 0) is 25.0 Å². The molecule has 0 spiro atoms. The maximum Gasteiger partial charge on any atom is 0.276 e.